The normalized spacial score (nSPS) is 8.83. The first-order valence-corrected chi connectivity index (χ1v) is 3.27. The second-order valence-electron chi connectivity index (χ2n) is 1.95. The molecule has 0 aliphatic carbocycles. The fourth-order valence-electron chi connectivity index (χ4n) is 0.628. The van der Waals surface area contributed by atoms with Gasteiger partial charge in [-0.15, -0.1) is 12.4 Å². The zero-order chi connectivity index (χ0) is 8.10. The van der Waals surface area contributed by atoms with Crippen LogP contribution in [0.15, 0.2) is 18.3 Å². The highest BCUT2D eigenvalue weighted by atomic mass is 35.5. The second-order valence-corrected chi connectivity index (χ2v) is 1.95. The van der Waals surface area contributed by atoms with Gasteiger partial charge < -0.3 is 10.5 Å². The molecule has 1 aromatic heterocycles. The van der Waals surface area contributed by atoms with Gasteiger partial charge in [-0.05, 0) is 6.07 Å². The van der Waals surface area contributed by atoms with Crippen LogP contribution in [0.1, 0.15) is 0 Å². The Morgan fingerprint density at radius 3 is 2.92 bits per heavy atom. The van der Waals surface area contributed by atoms with E-state index >= 15 is 0 Å². The van der Waals surface area contributed by atoms with Crippen molar-refractivity contribution in [3.8, 4) is 5.88 Å². The molecule has 0 aliphatic heterocycles. The smallest absolute Gasteiger partial charge is 0.216 e. The molecule has 0 spiro atoms. The predicted molar refractivity (Wildman–Crippen MR) is 46.0 cm³/mol. The van der Waals surface area contributed by atoms with E-state index in [1.54, 1.807) is 0 Å². The molecule has 0 saturated heterocycles. The van der Waals surface area contributed by atoms with Crippen molar-refractivity contribution >= 4 is 12.4 Å². The summed E-state index contributed by atoms with van der Waals surface area (Å²) in [6, 6.07) is 2.48. The third-order valence-electron chi connectivity index (χ3n) is 1.06. The molecule has 3 nitrogen and oxygen atoms in total. The van der Waals surface area contributed by atoms with Gasteiger partial charge in [-0.1, -0.05) is 0 Å². The Balaban J connectivity index is 0.00000121. The van der Waals surface area contributed by atoms with Gasteiger partial charge in [0.1, 0.15) is 12.4 Å². The molecular weight excluding hydrogens is 183 g/mol. The third-order valence-corrected chi connectivity index (χ3v) is 1.06. The van der Waals surface area contributed by atoms with E-state index in [4.69, 9.17) is 10.5 Å². The Morgan fingerprint density at radius 2 is 2.33 bits per heavy atom. The van der Waals surface area contributed by atoms with E-state index in [9.17, 15) is 4.39 Å². The van der Waals surface area contributed by atoms with Crippen LogP contribution >= 0.6 is 12.4 Å². The summed E-state index contributed by atoms with van der Waals surface area (Å²) in [4.78, 5) is 3.76. The number of halogens is 2. The molecule has 1 rings (SSSR count). The van der Waals surface area contributed by atoms with Crippen molar-refractivity contribution in [2.75, 3.05) is 13.2 Å². The van der Waals surface area contributed by atoms with E-state index in [2.05, 4.69) is 4.98 Å². The van der Waals surface area contributed by atoms with Gasteiger partial charge in [0.15, 0.2) is 0 Å². The van der Waals surface area contributed by atoms with Crippen LogP contribution in [0.5, 0.6) is 5.88 Å². The van der Waals surface area contributed by atoms with Crippen molar-refractivity contribution in [2.24, 2.45) is 5.73 Å². The highest BCUT2D eigenvalue weighted by molar-refractivity contribution is 5.85. The summed E-state index contributed by atoms with van der Waals surface area (Å²) in [7, 11) is 0. The molecule has 12 heavy (non-hydrogen) atoms. The van der Waals surface area contributed by atoms with Gasteiger partial charge in [0.05, 0.1) is 0 Å². The molecule has 0 aromatic carbocycles. The number of pyridine rings is 1. The molecular formula is C7H10ClFN2O. The maximum absolute atomic E-state index is 12.4. The number of rotatable bonds is 3. The lowest BCUT2D eigenvalue weighted by molar-refractivity contribution is 0.313. The van der Waals surface area contributed by atoms with E-state index in [-0.39, 0.29) is 24.1 Å². The lowest BCUT2D eigenvalue weighted by atomic mass is 10.5. The maximum atomic E-state index is 12.4. The zero-order valence-electron chi connectivity index (χ0n) is 6.37. The van der Waals surface area contributed by atoms with Crippen LogP contribution in [0.2, 0.25) is 0 Å². The Morgan fingerprint density at radius 1 is 1.58 bits per heavy atom. The molecule has 0 unspecified atom stereocenters. The Kier molecular flexibility index (Phi) is 5.32. The molecule has 0 fully saturated rings. The molecule has 0 radical (unpaired) electrons. The fraction of sp³-hybridized carbons (Fsp3) is 0.286. The minimum absolute atomic E-state index is 0. The number of nitrogens with two attached hydrogens (primary N) is 1. The minimum atomic E-state index is -0.355. The zero-order valence-corrected chi connectivity index (χ0v) is 7.18. The molecule has 2 N–H and O–H groups in total. The van der Waals surface area contributed by atoms with Gasteiger partial charge in [-0.3, -0.25) is 0 Å². The number of aromatic nitrogens is 1. The van der Waals surface area contributed by atoms with Gasteiger partial charge >= 0.3 is 0 Å². The van der Waals surface area contributed by atoms with Crippen molar-refractivity contribution in [2.45, 2.75) is 0 Å². The van der Waals surface area contributed by atoms with Crippen LogP contribution in [-0.2, 0) is 0 Å². The van der Waals surface area contributed by atoms with Crippen molar-refractivity contribution in [3.05, 3.63) is 24.1 Å². The summed E-state index contributed by atoms with van der Waals surface area (Å²) in [5.41, 5.74) is 5.17. The van der Waals surface area contributed by atoms with Crippen LogP contribution in [-0.4, -0.2) is 18.1 Å². The van der Waals surface area contributed by atoms with Crippen molar-refractivity contribution in [1.29, 1.82) is 0 Å². The van der Waals surface area contributed by atoms with Gasteiger partial charge in [0.25, 0.3) is 0 Å². The number of nitrogens with zero attached hydrogens (tertiary/aromatic N) is 1. The maximum Gasteiger partial charge on any atom is 0.216 e. The van der Waals surface area contributed by atoms with Gasteiger partial charge in [0, 0.05) is 18.8 Å². The van der Waals surface area contributed by atoms with E-state index in [0.717, 1.165) is 0 Å². The van der Waals surface area contributed by atoms with Gasteiger partial charge in [0.2, 0.25) is 5.88 Å². The summed E-state index contributed by atoms with van der Waals surface area (Å²) in [6.45, 7) is 0.759. The van der Waals surface area contributed by atoms with Crippen LogP contribution in [0.4, 0.5) is 4.39 Å². The van der Waals surface area contributed by atoms with Gasteiger partial charge in [-0.25, -0.2) is 9.37 Å². The molecule has 0 atom stereocenters. The highest BCUT2D eigenvalue weighted by Crippen LogP contribution is 2.06. The molecule has 0 amide bonds. The van der Waals surface area contributed by atoms with Crippen molar-refractivity contribution in [3.63, 3.8) is 0 Å². The summed E-state index contributed by atoms with van der Waals surface area (Å²) in [5, 5.41) is 0. The van der Waals surface area contributed by atoms with Crippen LogP contribution in [0.3, 0.4) is 0 Å². The quantitative estimate of drug-likeness (QED) is 0.777. The van der Waals surface area contributed by atoms with Crippen molar-refractivity contribution < 1.29 is 9.13 Å². The monoisotopic (exact) mass is 192 g/mol. The summed E-state index contributed by atoms with van der Waals surface area (Å²) in [6.07, 6.45) is 1.35. The molecule has 0 saturated carbocycles. The van der Waals surface area contributed by atoms with E-state index < -0.39 is 0 Å². The fourth-order valence-corrected chi connectivity index (χ4v) is 0.628. The lowest BCUT2D eigenvalue weighted by Crippen LogP contribution is -2.11. The average molecular weight is 193 g/mol. The first-order valence-electron chi connectivity index (χ1n) is 3.27. The first kappa shape index (κ1) is 11.1. The van der Waals surface area contributed by atoms with E-state index in [1.165, 1.54) is 18.3 Å². The summed E-state index contributed by atoms with van der Waals surface area (Å²) < 4.78 is 17.4. The predicted octanol–water partition coefficient (Wildman–Crippen LogP) is 0.980. The minimum Gasteiger partial charge on any atom is -0.476 e. The summed E-state index contributed by atoms with van der Waals surface area (Å²) in [5.74, 6) is -0.0810. The second kappa shape index (κ2) is 5.74. The Labute approximate surface area is 76.2 Å². The van der Waals surface area contributed by atoms with Crippen molar-refractivity contribution in [1.82, 2.24) is 4.98 Å². The highest BCUT2D eigenvalue weighted by Gasteiger charge is 1.94. The largest absolute Gasteiger partial charge is 0.476 e. The van der Waals surface area contributed by atoms with Gasteiger partial charge in [-0.2, -0.15) is 0 Å². The van der Waals surface area contributed by atoms with E-state index in [0.29, 0.717) is 13.2 Å². The SMILES string of the molecule is Cl.NCCOc1cc(F)ccn1. The van der Waals surface area contributed by atoms with Crippen LogP contribution in [0.25, 0.3) is 0 Å². The van der Waals surface area contributed by atoms with Crippen LogP contribution < -0.4 is 10.5 Å². The standard InChI is InChI=1S/C7H9FN2O.ClH/c8-6-1-3-10-7(5-6)11-4-2-9;/h1,3,5H,2,4,9H2;1H. The first-order chi connectivity index (χ1) is 5.33. The number of ether oxygens (including phenoxy) is 1. The Bertz CT molecular complexity index is 234. The number of hydrogen-bond donors (Lipinski definition) is 1. The van der Waals surface area contributed by atoms with E-state index in [1.807, 2.05) is 0 Å². The molecule has 1 aromatic rings. The van der Waals surface area contributed by atoms with Crippen LogP contribution in [0, 0.1) is 5.82 Å². The number of hydrogen-bond acceptors (Lipinski definition) is 3. The third kappa shape index (κ3) is 3.50. The summed E-state index contributed by atoms with van der Waals surface area (Å²) >= 11 is 0. The Hall–Kier alpha value is -0.870. The molecule has 5 heteroatoms. The topological polar surface area (TPSA) is 48.1 Å². The molecule has 0 aliphatic rings. The lowest BCUT2D eigenvalue weighted by Gasteiger charge is -2.01. The average Bonchev–Trinajstić information content (AvgIpc) is 2.01. The molecule has 1 heterocycles. The molecule has 0 bridgehead atoms. The molecule has 68 valence electrons.